The molecule has 2 N–H and O–H groups in total. The molecule has 4 heterocycles. The SMILES string of the molecule is Cc1cccnc1N1CC2(CCN(C(=O)c3cccnc3)C2)C1.O=C(O)C(F)(F)F.O=C(O)C(F)(F)F. The number of carbonyl (C=O) groups is 3. The van der Waals surface area contributed by atoms with Gasteiger partial charge in [-0.25, -0.2) is 14.6 Å². The van der Waals surface area contributed by atoms with Crippen LogP contribution in [0, 0.1) is 12.3 Å². The molecule has 0 radical (unpaired) electrons. The van der Waals surface area contributed by atoms with Crippen molar-refractivity contribution in [2.75, 3.05) is 31.1 Å². The van der Waals surface area contributed by atoms with E-state index in [1.807, 2.05) is 29.3 Å². The summed E-state index contributed by atoms with van der Waals surface area (Å²) in [6.07, 6.45) is -3.90. The van der Waals surface area contributed by atoms with Gasteiger partial charge in [-0.3, -0.25) is 9.78 Å². The second-order valence-electron chi connectivity index (χ2n) is 8.32. The zero-order chi connectivity index (χ0) is 28.0. The first-order valence-electron chi connectivity index (χ1n) is 10.5. The largest absolute Gasteiger partial charge is 0.490 e. The van der Waals surface area contributed by atoms with Crippen LogP contribution in [0.1, 0.15) is 22.3 Å². The molecule has 0 aliphatic carbocycles. The summed E-state index contributed by atoms with van der Waals surface area (Å²) in [5, 5.41) is 14.2. The lowest BCUT2D eigenvalue weighted by Gasteiger charge is -2.49. The van der Waals surface area contributed by atoms with E-state index in [1.54, 1.807) is 12.4 Å². The first-order valence-corrected chi connectivity index (χ1v) is 10.5. The number of anilines is 1. The minimum Gasteiger partial charge on any atom is -0.475 e. The minimum absolute atomic E-state index is 0.0995. The number of carboxylic acid groups (broad SMARTS) is 2. The standard InChI is InChI=1S/C18H20N4O.2C2HF3O2/c1-14-4-2-8-20-16(14)22-12-18(13-22)6-9-21(11-18)17(23)15-5-3-7-19-10-15;2*3-2(4,5)1(6)7/h2-5,7-8,10H,6,9,11-13H2,1H3;2*(H,6,7). The number of amides is 1. The Bertz CT molecular complexity index is 1080. The molecule has 0 atom stereocenters. The van der Waals surface area contributed by atoms with Crippen LogP contribution < -0.4 is 4.90 Å². The third-order valence-electron chi connectivity index (χ3n) is 5.45. The van der Waals surface area contributed by atoms with Gasteiger partial charge in [0, 0.05) is 50.2 Å². The van der Waals surface area contributed by atoms with Crippen LogP contribution in [0.15, 0.2) is 42.9 Å². The molecular weight excluding hydrogens is 514 g/mol. The van der Waals surface area contributed by atoms with E-state index in [2.05, 4.69) is 27.9 Å². The van der Waals surface area contributed by atoms with Crippen molar-refractivity contribution in [2.45, 2.75) is 25.7 Å². The number of likely N-dealkylation sites (tertiary alicyclic amines) is 1. The number of alkyl halides is 6. The second-order valence-corrected chi connectivity index (χ2v) is 8.32. The number of nitrogens with zero attached hydrogens (tertiary/aromatic N) is 4. The topological polar surface area (TPSA) is 124 Å². The lowest BCUT2D eigenvalue weighted by molar-refractivity contribution is -0.193. The number of hydrogen-bond donors (Lipinski definition) is 2. The van der Waals surface area contributed by atoms with E-state index in [0.29, 0.717) is 5.56 Å². The van der Waals surface area contributed by atoms with Gasteiger partial charge in [0.25, 0.3) is 5.91 Å². The van der Waals surface area contributed by atoms with E-state index in [4.69, 9.17) is 19.8 Å². The maximum absolute atomic E-state index is 12.5. The van der Waals surface area contributed by atoms with Gasteiger partial charge in [-0.1, -0.05) is 6.07 Å². The molecule has 202 valence electrons. The van der Waals surface area contributed by atoms with Gasteiger partial charge >= 0.3 is 24.3 Å². The predicted octanol–water partition coefficient (Wildman–Crippen LogP) is 3.40. The predicted molar refractivity (Wildman–Crippen MR) is 116 cm³/mol. The van der Waals surface area contributed by atoms with Crippen molar-refractivity contribution in [3.8, 4) is 0 Å². The third kappa shape index (κ3) is 8.05. The van der Waals surface area contributed by atoms with E-state index < -0.39 is 24.3 Å². The molecule has 37 heavy (non-hydrogen) atoms. The first kappa shape index (κ1) is 29.3. The lowest BCUT2D eigenvalue weighted by Crippen LogP contribution is -2.58. The van der Waals surface area contributed by atoms with Crippen LogP contribution in [-0.2, 0) is 9.59 Å². The summed E-state index contributed by atoms with van der Waals surface area (Å²) in [5.41, 5.74) is 2.13. The van der Waals surface area contributed by atoms with Crippen LogP contribution in [0.3, 0.4) is 0 Å². The summed E-state index contributed by atoms with van der Waals surface area (Å²) >= 11 is 0. The number of pyridine rings is 2. The van der Waals surface area contributed by atoms with Crippen LogP contribution in [-0.4, -0.2) is 81.5 Å². The van der Waals surface area contributed by atoms with E-state index >= 15 is 0 Å². The van der Waals surface area contributed by atoms with E-state index in [1.165, 1.54) is 5.56 Å². The van der Waals surface area contributed by atoms with Gasteiger partial charge in [0.2, 0.25) is 0 Å². The Hall–Kier alpha value is -3.91. The maximum Gasteiger partial charge on any atom is 0.490 e. The van der Waals surface area contributed by atoms with Crippen LogP contribution in [0.25, 0.3) is 0 Å². The van der Waals surface area contributed by atoms with Crippen LogP contribution in [0.2, 0.25) is 0 Å². The van der Waals surface area contributed by atoms with E-state index in [0.717, 1.165) is 38.4 Å². The molecule has 0 unspecified atom stereocenters. The Morgan fingerprint density at radius 2 is 1.46 bits per heavy atom. The average Bonchev–Trinajstić information content (AvgIpc) is 3.24. The number of carboxylic acids is 2. The van der Waals surface area contributed by atoms with Crippen molar-refractivity contribution >= 4 is 23.7 Å². The van der Waals surface area contributed by atoms with Crippen molar-refractivity contribution in [3.63, 3.8) is 0 Å². The van der Waals surface area contributed by atoms with Gasteiger partial charge in [-0.2, -0.15) is 26.3 Å². The monoisotopic (exact) mass is 536 g/mol. The third-order valence-corrected chi connectivity index (χ3v) is 5.45. The minimum atomic E-state index is -5.08. The number of hydrogen-bond acceptors (Lipinski definition) is 6. The molecule has 2 saturated heterocycles. The van der Waals surface area contributed by atoms with Crippen LogP contribution in [0.5, 0.6) is 0 Å². The normalized spacial score (nSPS) is 16.1. The fourth-order valence-corrected chi connectivity index (χ4v) is 3.76. The van der Waals surface area contributed by atoms with Crippen LogP contribution in [0.4, 0.5) is 32.2 Å². The fraction of sp³-hybridized carbons (Fsp3) is 0.409. The number of rotatable bonds is 2. The summed E-state index contributed by atoms with van der Waals surface area (Å²) in [4.78, 5) is 43.2. The molecule has 0 bridgehead atoms. The van der Waals surface area contributed by atoms with Gasteiger partial charge in [-0.15, -0.1) is 0 Å². The lowest BCUT2D eigenvalue weighted by atomic mass is 9.79. The average molecular weight is 536 g/mol. The summed E-state index contributed by atoms with van der Waals surface area (Å²) in [6.45, 7) is 5.75. The number of aliphatic carboxylic acids is 2. The molecule has 2 fully saturated rings. The molecule has 2 aliphatic rings. The Kier molecular flexibility index (Phi) is 9.06. The van der Waals surface area contributed by atoms with Gasteiger partial charge in [0.1, 0.15) is 5.82 Å². The molecule has 15 heteroatoms. The highest BCUT2D eigenvalue weighted by atomic mass is 19.4. The van der Waals surface area contributed by atoms with E-state index in [-0.39, 0.29) is 11.3 Å². The molecule has 4 rings (SSSR count). The Balaban J connectivity index is 0.000000286. The summed E-state index contributed by atoms with van der Waals surface area (Å²) in [6, 6.07) is 7.72. The van der Waals surface area contributed by atoms with Crippen molar-refractivity contribution < 1.29 is 50.9 Å². The smallest absolute Gasteiger partial charge is 0.475 e. The van der Waals surface area contributed by atoms with Crippen LogP contribution >= 0.6 is 0 Å². The van der Waals surface area contributed by atoms with Crippen molar-refractivity contribution in [2.24, 2.45) is 5.41 Å². The summed E-state index contributed by atoms with van der Waals surface area (Å²) < 4.78 is 63.5. The quantitative estimate of drug-likeness (QED) is 0.560. The molecule has 1 amide bonds. The highest BCUT2D eigenvalue weighted by Gasteiger charge is 2.49. The number of aryl methyl sites for hydroxylation is 1. The molecule has 2 aromatic heterocycles. The number of carbonyl (C=O) groups excluding carboxylic acids is 1. The summed E-state index contributed by atoms with van der Waals surface area (Å²) in [5.74, 6) is -4.34. The highest BCUT2D eigenvalue weighted by molar-refractivity contribution is 5.94. The number of halogens is 6. The summed E-state index contributed by atoms with van der Waals surface area (Å²) in [7, 11) is 0. The maximum atomic E-state index is 12.5. The molecule has 1 spiro atoms. The van der Waals surface area contributed by atoms with Gasteiger partial charge in [0.05, 0.1) is 5.56 Å². The van der Waals surface area contributed by atoms with Gasteiger partial charge < -0.3 is 20.0 Å². The fourth-order valence-electron chi connectivity index (χ4n) is 3.76. The zero-order valence-electron chi connectivity index (χ0n) is 19.3. The second kappa shape index (κ2) is 11.4. The molecular formula is C22H22F6N4O5. The molecule has 0 saturated carbocycles. The van der Waals surface area contributed by atoms with Gasteiger partial charge in [0.15, 0.2) is 0 Å². The Morgan fingerprint density at radius 1 is 0.919 bits per heavy atom. The number of aromatic nitrogens is 2. The first-order chi connectivity index (χ1) is 17.1. The molecule has 9 nitrogen and oxygen atoms in total. The van der Waals surface area contributed by atoms with Gasteiger partial charge in [-0.05, 0) is 37.1 Å². The highest BCUT2D eigenvalue weighted by Crippen LogP contribution is 2.42. The Morgan fingerprint density at radius 3 is 1.92 bits per heavy atom. The molecule has 2 aromatic rings. The molecule has 2 aliphatic heterocycles. The zero-order valence-corrected chi connectivity index (χ0v) is 19.3. The van der Waals surface area contributed by atoms with E-state index in [9.17, 15) is 31.1 Å². The Labute approximate surface area is 206 Å². The van der Waals surface area contributed by atoms with Crippen molar-refractivity contribution in [1.29, 1.82) is 0 Å². The molecule has 0 aromatic carbocycles. The van der Waals surface area contributed by atoms with Crippen molar-refractivity contribution in [1.82, 2.24) is 14.9 Å². The van der Waals surface area contributed by atoms with Crippen molar-refractivity contribution in [3.05, 3.63) is 54.0 Å².